The van der Waals surface area contributed by atoms with Crippen LogP contribution >= 0.6 is 0 Å². The number of hydrogen-bond acceptors (Lipinski definition) is 4. The number of amides is 1. The minimum absolute atomic E-state index is 0.260. The molecule has 2 heterocycles. The smallest absolute Gasteiger partial charge is 0.222 e. The molecule has 0 fully saturated rings. The predicted octanol–water partition coefficient (Wildman–Crippen LogP) is 4.45. The van der Waals surface area contributed by atoms with Crippen LogP contribution in [0.4, 0.5) is 5.82 Å². The number of carbonyl (C=O) groups is 1. The average molecular weight is 381 g/mol. The number of anilines is 1. The van der Waals surface area contributed by atoms with Gasteiger partial charge in [-0.15, -0.1) is 0 Å². The highest BCUT2D eigenvalue weighted by atomic mass is 16.2. The van der Waals surface area contributed by atoms with E-state index in [9.17, 15) is 4.79 Å². The van der Waals surface area contributed by atoms with Crippen molar-refractivity contribution in [3.05, 3.63) is 41.6 Å². The van der Waals surface area contributed by atoms with E-state index in [1.165, 1.54) is 0 Å². The van der Waals surface area contributed by atoms with Gasteiger partial charge >= 0.3 is 0 Å². The van der Waals surface area contributed by atoms with E-state index in [4.69, 9.17) is 9.97 Å². The highest BCUT2D eigenvalue weighted by molar-refractivity contribution is 5.77. The van der Waals surface area contributed by atoms with Crippen LogP contribution in [0.2, 0.25) is 0 Å². The van der Waals surface area contributed by atoms with Crippen LogP contribution in [0.25, 0.3) is 11.4 Å². The molecule has 3 rings (SSSR count). The molecule has 0 N–H and O–H groups in total. The molecule has 5 nitrogen and oxygen atoms in total. The topological polar surface area (TPSA) is 49.3 Å². The molecule has 0 unspecified atom stereocenters. The molecule has 0 saturated heterocycles. The predicted molar refractivity (Wildman–Crippen MR) is 114 cm³/mol. The first-order valence-corrected chi connectivity index (χ1v) is 10.6. The molecule has 2 aromatic rings. The highest BCUT2D eigenvalue weighted by Crippen LogP contribution is 2.29. The van der Waals surface area contributed by atoms with Crippen LogP contribution in [0.15, 0.2) is 30.3 Å². The zero-order chi connectivity index (χ0) is 19.9. The summed E-state index contributed by atoms with van der Waals surface area (Å²) in [6.45, 7) is 6.64. The van der Waals surface area contributed by atoms with Crippen molar-refractivity contribution < 1.29 is 4.79 Å². The van der Waals surface area contributed by atoms with Crippen molar-refractivity contribution in [1.29, 1.82) is 0 Å². The molecule has 0 spiro atoms. The highest BCUT2D eigenvalue weighted by Gasteiger charge is 2.26. The lowest BCUT2D eigenvalue weighted by molar-refractivity contribution is -0.132. The van der Waals surface area contributed by atoms with Crippen LogP contribution in [0.5, 0.6) is 0 Å². The average Bonchev–Trinajstić information content (AvgIpc) is 2.73. The van der Waals surface area contributed by atoms with Crippen LogP contribution in [-0.2, 0) is 17.8 Å². The molecular weight excluding hydrogens is 348 g/mol. The lowest BCUT2D eigenvalue weighted by Gasteiger charge is -2.32. The Bertz CT molecular complexity index is 791. The summed E-state index contributed by atoms with van der Waals surface area (Å²) in [6.07, 6.45) is 5.72. The van der Waals surface area contributed by atoms with Crippen LogP contribution in [-0.4, -0.2) is 40.9 Å². The van der Waals surface area contributed by atoms with Gasteiger partial charge in [0, 0.05) is 44.1 Å². The molecule has 1 aromatic carbocycles. The third kappa shape index (κ3) is 4.70. The molecule has 1 aliphatic rings. The van der Waals surface area contributed by atoms with E-state index in [1.807, 2.05) is 23.1 Å². The summed E-state index contributed by atoms with van der Waals surface area (Å²) in [4.78, 5) is 26.6. The summed E-state index contributed by atoms with van der Waals surface area (Å²) in [5.74, 6) is 2.01. The Morgan fingerprint density at radius 1 is 1.11 bits per heavy atom. The number of aromatic nitrogens is 2. The van der Waals surface area contributed by atoms with Crippen molar-refractivity contribution in [1.82, 2.24) is 14.9 Å². The second kappa shape index (κ2) is 9.67. The molecule has 150 valence electrons. The number of fused-ring (bicyclic) bond motifs is 1. The summed E-state index contributed by atoms with van der Waals surface area (Å²) < 4.78 is 0. The number of rotatable bonds is 8. The fourth-order valence-corrected chi connectivity index (χ4v) is 3.77. The van der Waals surface area contributed by atoms with Gasteiger partial charge in [-0.1, -0.05) is 57.0 Å². The lowest BCUT2D eigenvalue weighted by atomic mass is 10.0. The Morgan fingerprint density at radius 3 is 2.61 bits per heavy atom. The summed E-state index contributed by atoms with van der Waals surface area (Å²) in [6, 6.07) is 10.2. The summed E-state index contributed by atoms with van der Waals surface area (Å²) >= 11 is 0. The molecule has 1 aliphatic heterocycles. The zero-order valence-electron chi connectivity index (χ0n) is 17.4. The van der Waals surface area contributed by atoms with E-state index in [0.29, 0.717) is 13.0 Å². The number of hydrogen-bond donors (Lipinski definition) is 0. The number of benzene rings is 1. The van der Waals surface area contributed by atoms with Crippen LogP contribution in [0.1, 0.15) is 57.2 Å². The summed E-state index contributed by atoms with van der Waals surface area (Å²) in [7, 11) is 2.09. The fraction of sp³-hybridized carbons (Fsp3) is 0.522. The molecular formula is C23H32N4O. The largest absolute Gasteiger partial charge is 0.359 e. The van der Waals surface area contributed by atoms with Gasteiger partial charge in [0.05, 0.1) is 12.2 Å². The first-order valence-electron chi connectivity index (χ1n) is 10.6. The molecule has 1 aromatic heterocycles. The molecule has 28 heavy (non-hydrogen) atoms. The molecule has 5 heteroatoms. The van der Waals surface area contributed by atoms with Gasteiger partial charge < -0.3 is 9.80 Å². The fourth-order valence-electron chi connectivity index (χ4n) is 3.77. The van der Waals surface area contributed by atoms with Gasteiger partial charge in [-0.2, -0.15) is 0 Å². The van der Waals surface area contributed by atoms with Crippen molar-refractivity contribution in [2.24, 2.45) is 0 Å². The summed E-state index contributed by atoms with van der Waals surface area (Å²) in [5.41, 5.74) is 3.24. The molecule has 0 saturated carbocycles. The van der Waals surface area contributed by atoms with Crippen molar-refractivity contribution >= 4 is 11.7 Å². The molecule has 0 bridgehead atoms. The monoisotopic (exact) mass is 380 g/mol. The van der Waals surface area contributed by atoms with E-state index in [-0.39, 0.29) is 5.91 Å². The summed E-state index contributed by atoms with van der Waals surface area (Å²) in [5, 5.41) is 0. The van der Waals surface area contributed by atoms with E-state index in [0.717, 1.165) is 73.7 Å². The van der Waals surface area contributed by atoms with Crippen molar-refractivity contribution in [2.75, 3.05) is 25.0 Å². The third-order valence-corrected chi connectivity index (χ3v) is 5.34. The number of nitrogens with zero attached hydrogens (tertiary/aromatic N) is 4. The SMILES string of the molecule is CCCCCC(=O)N1CCc2nc(-c3ccccc3)nc(N(C)CCC)c2C1. The number of unbranched alkanes of at least 4 members (excludes halogenated alkanes) is 2. The molecule has 1 amide bonds. The van der Waals surface area contributed by atoms with Crippen LogP contribution in [0.3, 0.4) is 0 Å². The Hall–Kier alpha value is -2.43. The van der Waals surface area contributed by atoms with Gasteiger partial charge in [-0.25, -0.2) is 9.97 Å². The molecule has 0 atom stereocenters. The maximum absolute atomic E-state index is 12.6. The minimum Gasteiger partial charge on any atom is -0.359 e. The maximum Gasteiger partial charge on any atom is 0.222 e. The molecule has 0 radical (unpaired) electrons. The Morgan fingerprint density at radius 2 is 1.89 bits per heavy atom. The third-order valence-electron chi connectivity index (χ3n) is 5.34. The van der Waals surface area contributed by atoms with Gasteiger partial charge in [0.15, 0.2) is 5.82 Å². The van der Waals surface area contributed by atoms with E-state index >= 15 is 0 Å². The van der Waals surface area contributed by atoms with Crippen LogP contribution < -0.4 is 4.90 Å². The minimum atomic E-state index is 0.260. The number of carbonyl (C=O) groups excluding carboxylic acids is 1. The van der Waals surface area contributed by atoms with Crippen molar-refractivity contribution in [3.63, 3.8) is 0 Å². The second-order valence-corrected chi connectivity index (χ2v) is 7.61. The van der Waals surface area contributed by atoms with E-state index < -0.39 is 0 Å². The Kier molecular flexibility index (Phi) is 7.01. The Labute approximate surface area is 168 Å². The first kappa shape index (κ1) is 20.3. The Balaban J connectivity index is 1.90. The molecule has 0 aliphatic carbocycles. The first-order chi connectivity index (χ1) is 13.6. The van der Waals surface area contributed by atoms with Crippen molar-refractivity contribution in [3.8, 4) is 11.4 Å². The van der Waals surface area contributed by atoms with Gasteiger partial charge in [0.2, 0.25) is 5.91 Å². The standard InChI is InChI=1S/C23H32N4O/c1-4-6-8-13-21(28)27-16-14-20-19(17-27)23(26(3)15-5-2)25-22(24-20)18-11-9-7-10-12-18/h7,9-12H,4-6,8,13-17H2,1-3H3. The quantitative estimate of drug-likeness (QED) is 0.635. The second-order valence-electron chi connectivity index (χ2n) is 7.61. The lowest BCUT2D eigenvalue weighted by Crippen LogP contribution is -2.37. The van der Waals surface area contributed by atoms with Gasteiger partial charge in [-0.05, 0) is 12.8 Å². The normalized spacial score (nSPS) is 13.3. The van der Waals surface area contributed by atoms with Crippen molar-refractivity contribution in [2.45, 2.75) is 58.9 Å². The van der Waals surface area contributed by atoms with Gasteiger partial charge in [-0.3, -0.25) is 4.79 Å². The maximum atomic E-state index is 12.6. The van der Waals surface area contributed by atoms with Crippen LogP contribution in [0, 0.1) is 0 Å². The van der Waals surface area contributed by atoms with Gasteiger partial charge in [0.1, 0.15) is 5.82 Å². The van der Waals surface area contributed by atoms with E-state index in [1.54, 1.807) is 0 Å². The zero-order valence-corrected chi connectivity index (χ0v) is 17.4. The van der Waals surface area contributed by atoms with Gasteiger partial charge in [0.25, 0.3) is 0 Å². The van der Waals surface area contributed by atoms with E-state index in [2.05, 4.69) is 37.9 Å².